The maximum Gasteiger partial charge on any atom is 0.287 e. The molecule has 0 spiro atoms. The van der Waals surface area contributed by atoms with Gasteiger partial charge in [-0.15, -0.1) is 0 Å². The third-order valence-electron chi connectivity index (χ3n) is 8.75. The Labute approximate surface area is 263 Å². The van der Waals surface area contributed by atoms with Gasteiger partial charge < -0.3 is 15.1 Å². The standard InChI is InChI=1S/C37H38ClN3O3/c1-3-7-31(41-18-16-25(17-19-41)27-8-6-9-30(20-27)40-24(2)42)23-39-37(43)35-22-28-21-34(26-12-14-29(38)15-13-26)32-10-4-5-11-33(32)36(28)44-35/h4-6,8-15,20-22,25,31H,3,7,16-19,23H2,1-2H3,(H,39,43)(H,40,42). The summed E-state index contributed by atoms with van der Waals surface area (Å²) in [5.41, 5.74) is 4.98. The van der Waals surface area contributed by atoms with Crippen molar-refractivity contribution < 1.29 is 14.0 Å². The molecular formula is C37H38ClN3O3. The van der Waals surface area contributed by atoms with Crippen molar-refractivity contribution in [3.63, 3.8) is 0 Å². The van der Waals surface area contributed by atoms with Crippen LogP contribution in [-0.2, 0) is 4.79 Å². The second-order valence-corrected chi connectivity index (χ2v) is 12.2. The highest BCUT2D eigenvalue weighted by Crippen LogP contribution is 2.37. The number of nitrogens with zero attached hydrogens (tertiary/aromatic N) is 1. The van der Waals surface area contributed by atoms with E-state index in [1.54, 1.807) is 0 Å². The van der Waals surface area contributed by atoms with Gasteiger partial charge in [-0.05, 0) is 96.7 Å². The molecule has 6 nitrogen and oxygen atoms in total. The molecule has 1 atom stereocenters. The number of carbonyl (C=O) groups is 2. The Morgan fingerprint density at radius 1 is 0.955 bits per heavy atom. The monoisotopic (exact) mass is 607 g/mol. The van der Waals surface area contributed by atoms with Crippen LogP contribution in [0.3, 0.4) is 0 Å². The Morgan fingerprint density at radius 2 is 1.70 bits per heavy atom. The molecule has 44 heavy (non-hydrogen) atoms. The first-order valence-electron chi connectivity index (χ1n) is 15.5. The summed E-state index contributed by atoms with van der Waals surface area (Å²) in [4.78, 5) is 27.4. The number of rotatable bonds is 9. The van der Waals surface area contributed by atoms with Gasteiger partial charge in [0.25, 0.3) is 5.91 Å². The molecule has 1 aromatic heterocycles. The van der Waals surface area contributed by atoms with Crippen LogP contribution in [0.1, 0.15) is 61.6 Å². The van der Waals surface area contributed by atoms with Crippen molar-refractivity contribution in [3.05, 3.63) is 101 Å². The second kappa shape index (κ2) is 13.2. The van der Waals surface area contributed by atoms with E-state index in [1.807, 2.05) is 60.7 Å². The SMILES string of the molecule is CCCC(CNC(=O)c1cc2cc(-c3ccc(Cl)cc3)c3ccccc3c2o1)N1CCC(c2cccc(NC(C)=O)c2)CC1. The predicted octanol–water partition coefficient (Wildman–Crippen LogP) is 8.64. The minimum atomic E-state index is -0.191. The number of benzene rings is 4. The Bertz CT molecular complexity index is 1790. The van der Waals surface area contributed by atoms with E-state index < -0.39 is 0 Å². The van der Waals surface area contributed by atoms with Gasteiger partial charge in [0.1, 0.15) is 5.58 Å². The van der Waals surface area contributed by atoms with Gasteiger partial charge in [-0.3, -0.25) is 14.5 Å². The highest BCUT2D eigenvalue weighted by Gasteiger charge is 2.27. The molecule has 1 saturated heterocycles. The number of hydrogen-bond donors (Lipinski definition) is 2. The fourth-order valence-corrected chi connectivity index (χ4v) is 6.69. The van der Waals surface area contributed by atoms with E-state index in [2.05, 4.69) is 46.7 Å². The Hall–Kier alpha value is -4.13. The third-order valence-corrected chi connectivity index (χ3v) is 9.00. The minimum Gasteiger partial charge on any atom is -0.450 e. The summed E-state index contributed by atoms with van der Waals surface area (Å²) in [5.74, 6) is 0.538. The number of fused-ring (bicyclic) bond motifs is 3. The van der Waals surface area contributed by atoms with Crippen LogP contribution in [0.15, 0.2) is 89.3 Å². The van der Waals surface area contributed by atoms with Gasteiger partial charge in [-0.1, -0.05) is 73.5 Å². The molecule has 1 aliphatic heterocycles. The van der Waals surface area contributed by atoms with Crippen molar-refractivity contribution >= 4 is 50.8 Å². The molecular weight excluding hydrogens is 570 g/mol. The van der Waals surface area contributed by atoms with Crippen molar-refractivity contribution in [2.45, 2.75) is 51.5 Å². The summed E-state index contributed by atoms with van der Waals surface area (Å²) in [7, 11) is 0. The number of furan rings is 1. The molecule has 2 amide bonds. The number of anilines is 1. The Morgan fingerprint density at radius 3 is 2.43 bits per heavy atom. The molecule has 5 aromatic rings. The number of hydrogen-bond acceptors (Lipinski definition) is 4. The first kappa shape index (κ1) is 29.9. The molecule has 6 rings (SSSR count). The number of amides is 2. The largest absolute Gasteiger partial charge is 0.450 e. The Kier molecular flexibility index (Phi) is 9.01. The van der Waals surface area contributed by atoms with Crippen molar-refractivity contribution in [1.29, 1.82) is 0 Å². The zero-order chi connectivity index (χ0) is 30.6. The van der Waals surface area contributed by atoms with Crippen molar-refractivity contribution in [2.75, 3.05) is 25.0 Å². The smallest absolute Gasteiger partial charge is 0.287 e. The number of nitrogens with one attached hydrogen (secondary N) is 2. The van der Waals surface area contributed by atoms with Crippen LogP contribution < -0.4 is 10.6 Å². The normalized spacial score (nSPS) is 15.0. The number of carbonyl (C=O) groups excluding carboxylic acids is 2. The Balaban J connectivity index is 1.15. The van der Waals surface area contributed by atoms with E-state index in [0.29, 0.717) is 23.2 Å². The molecule has 1 fully saturated rings. The third kappa shape index (κ3) is 6.52. The van der Waals surface area contributed by atoms with Crippen LogP contribution in [0.5, 0.6) is 0 Å². The zero-order valence-corrected chi connectivity index (χ0v) is 26.0. The molecule has 0 aliphatic carbocycles. The van der Waals surface area contributed by atoms with Gasteiger partial charge in [0.15, 0.2) is 5.76 Å². The van der Waals surface area contributed by atoms with Crippen molar-refractivity contribution in [1.82, 2.24) is 10.2 Å². The fourth-order valence-electron chi connectivity index (χ4n) is 6.57. The average Bonchev–Trinajstić information content (AvgIpc) is 3.48. The highest BCUT2D eigenvalue weighted by molar-refractivity contribution is 6.30. The lowest BCUT2D eigenvalue weighted by Gasteiger charge is -2.38. The van der Waals surface area contributed by atoms with Gasteiger partial charge >= 0.3 is 0 Å². The van der Waals surface area contributed by atoms with E-state index >= 15 is 0 Å². The average molecular weight is 608 g/mol. The van der Waals surface area contributed by atoms with Crippen molar-refractivity contribution in [3.8, 4) is 11.1 Å². The van der Waals surface area contributed by atoms with Gasteiger partial charge in [-0.2, -0.15) is 0 Å². The van der Waals surface area contributed by atoms with Gasteiger partial charge in [0.2, 0.25) is 5.91 Å². The molecule has 1 unspecified atom stereocenters. The quantitative estimate of drug-likeness (QED) is 0.176. The molecule has 2 heterocycles. The van der Waals surface area contributed by atoms with Crippen LogP contribution in [-0.4, -0.2) is 42.4 Å². The van der Waals surface area contributed by atoms with Gasteiger partial charge in [-0.25, -0.2) is 0 Å². The zero-order valence-electron chi connectivity index (χ0n) is 25.2. The summed E-state index contributed by atoms with van der Waals surface area (Å²) in [6, 6.07) is 28.4. The predicted molar refractivity (Wildman–Crippen MR) is 179 cm³/mol. The van der Waals surface area contributed by atoms with E-state index in [1.165, 1.54) is 12.5 Å². The summed E-state index contributed by atoms with van der Waals surface area (Å²) >= 11 is 6.15. The van der Waals surface area contributed by atoms with E-state index in [-0.39, 0.29) is 17.9 Å². The highest BCUT2D eigenvalue weighted by atomic mass is 35.5. The molecule has 226 valence electrons. The van der Waals surface area contributed by atoms with Crippen molar-refractivity contribution in [2.24, 2.45) is 0 Å². The molecule has 2 N–H and O–H groups in total. The van der Waals surface area contributed by atoms with Crippen LogP contribution in [0.2, 0.25) is 5.02 Å². The lowest BCUT2D eigenvalue weighted by Crippen LogP contribution is -2.47. The van der Waals surface area contributed by atoms with Gasteiger partial charge in [0.05, 0.1) is 0 Å². The van der Waals surface area contributed by atoms with Crippen LogP contribution in [0.25, 0.3) is 32.9 Å². The fraction of sp³-hybridized carbons (Fsp3) is 0.297. The minimum absolute atomic E-state index is 0.0555. The molecule has 7 heteroatoms. The number of halogens is 1. The van der Waals surface area contributed by atoms with Crippen LogP contribution in [0.4, 0.5) is 5.69 Å². The first-order valence-corrected chi connectivity index (χ1v) is 15.9. The molecule has 1 aliphatic rings. The lowest BCUT2D eigenvalue weighted by atomic mass is 9.88. The van der Waals surface area contributed by atoms with Gasteiger partial charge in [0, 0.05) is 41.0 Å². The second-order valence-electron chi connectivity index (χ2n) is 11.8. The van der Waals surface area contributed by atoms with E-state index in [0.717, 1.165) is 77.3 Å². The number of likely N-dealkylation sites (tertiary alicyclic amines) is 1. The van der Waals surface area contributed by atoms with Crippen LogP contribution in [0, 0.1) is 0 Å². The molecule has 0 bridgehead atoms. The molecule has 0 radical (unpaired) electrons. The first-order chi connectivity index (χ1) is 21.4. The maximum atomic E-state index is 13.4. The van der Waals surface area contributed by atoms with E-state index in [4.69, 9.17) is 16.0 Å². The molecule has 4 aromatic carbocycles. The molecule has 0 saturated carbocycles. The summed E-state index contributed by atoms with van der Waals surface area (Å²) in [6.45, 7) is 6.24. The maximum absolute atomic E-state index is 13.4. The van der Waals surface area contributed by atoms with E-state index in [9.17, 15) is 9.59 Å². The number of piperidine rings is 1. The lowest BCUT2D eigenvalue weighted by molar-refractivity contribution is -0.114. The summed E-state index contributed by atoms with van der Waals surface area (Å²) < 4.78 is 6.21. The topological polar surface area (TPSA) is 74.6 Å². The van der Waals surface area contributed by atoms with Crippen LogP contribution >= 0.6 is 11.6 Å². The summed E-state index contributed by atoms with van der Waals surface area (Å²) in [5, 5.41) is 9.71. The summed E-state index contributed by atoms with van der Waals surface area (Å²) in [6.07, 6.45) is 4.15.